The van der Waals surface area contributed by atoms with E-state index in [0.29, 0.717) is 11.5 Å². The van der Waals surface area contributed by atoms with Crippen LogP contribution in [0.4, 0.5) is 0 Å². The number of fused-ring (bicyclic) bond motifs is 2. The topological polar surface area (TPSA) is 113 Å². The van der Waals surface area contributed by atoms with Crippen LogP contribution in [0.15, 0.2) is 93.0 Å². The highest BCUT2D eigenvalue weighted by molar-refractivity contribution is 7.89. The van der Waals surface area contributed by atoms with Crippen molar-refractivity contribution in [3.63, 3.8) is 0 Å². The number of methoxy groups -OCH3 is 4. The van der Waals surface area contributed by atoms with E-state index in [4.69, 9.17) is 23.4 Å². The maximum Gasteiger partial charge on any atom is 0.248 e. The van der Waals surface area contributed by atoms with Crippen molar-refractivity contribution in [3.8, 4) is 23.0 Å². The zero-order chi connectivity index (χ0) is 28.4. The summed E-state index contributed by atoms with van der Waals surface area (Å²) in [5.41, 5.74) is 0.823. The predicted octanol–water partition coefficient (Wildman–Crippen LogP) is 5.05. The molecule has 1 heterocycles. The van der Waals surface area contributed by atoms with Crippen molar-refractivity contribution in [2.75, 3.05) is 28.4 Å². The zero-order valence-corrected chi connectivity index (χ0v) is 23.1. The SMILES string of the molecule is COc1cc2oc3c(S(=O)(=O)NC(c4ccccc4)c4ccccc4)c(OC)cc(OC)c3c(=O)c2cc1OC. The highest BCUT2D eigenvalue weighted by Crippen LogP contribution is 2.41. The van der Waals surface area contributed by atoms with Crippen LogP contribution in [0, 0.1) is 0 Å². The third-order valence-corrected chi connectivity index (χ3v) is 8.05. The third kappa shape index (κ3) is 4.72. The second-order valence-corrected chi connectivity index (χ2v) is 10.5. The summed E-state index contributed by atoms with van der Waals surface area (Å²) < 4.78 is 59.1. The van der Waals surface area contributed by atoms with Crippen LogP contribution in [0.2, 0.25) is 0 Å². The van der Waals surface area contributed by atoms with E-state index in [9.17, 15) is 13.2 Å². The highest BCUT2D eigenvalue weighted by Gasteiger charge is 2.32. The molecule has 9 nitrogen and oxygen atoms in total. The first-order chi connectivity index (χ1) is 19.3. The van der Waals surface area contributed by atoms with Crippen LogP contribution in [0.25, 0.3) is 21.9 Å². The number of nitrogens with one attached hydrogen (secondary N) is 1. The van der Waals surface area contributed by atoms with Crippen molar-refractivity contribution < 1.29 is 31.8 Å². The molecular formula is C30H27NO8S. The molecule has 1 aromatic heterocycles. The Bertz CT molecular complexity index is 1810. The molecule has 40 heavy (non-hydrogen) atoms. The summed E-state index contributed by atoms with van der Waals surface area (Å²) in [4.78, 5) is 13.5. The van der Waals surface area contributed by atoms with Gasteiger partial charge in [-0.2, -0.15) is 4.72 Å². The molecule has 0 saturated heterocycles. The summed E-state index contributed by atoms with van der Waals surface area (Å²) >= 11 is 0. The third-order valence-electron chi connectivity index (χ3n) is 6.58. The van der Waals surface area contributed by atoms with E-state index in [-0.39, 0.29) is 38.3 Å². The molecule has 1 N–H and O–H groups in total. The minimum atomic E-state index is -4.38. The van der Waals surface area contributed by atoms with Gasteiger partial charge in [-0.25, -0.2) is 8.42 Å². The predicted molar refractivity (Wildman–Crippen MR) is 151 cm³/mol. The molecule has 5 aromatic rings. The van der Waals surface area contributed by atoms with E-state index in [0.717, 1.165) is 11.1 Å². The van der Waals surface area contributed by atoms with Gasteiger partial charge in [-0.15, -0.1) is 0 Å². The Labute approximate surface area is 230 Å². The minimum absolute atomic E-state index is 0.0558. The number of ether oxygens (including phenoxy) is 4. The van der Waals surface area contributed by atoms with Gasteiger partial charge in [-0.1, -0.05) is 60.7 Å². The number of hydrogen-bond donors (Lipinski definition) is 1. The van der Waals surface area contributed by atoms with Crippen molar-refractivity contribution in [2.45, 2.75) is 10.9 Å². The Morgan fingerprint density at radius 1 is 0.700 bits per heavy atom. The van der Waals surface area contributed by atoms with Gasteiger partial charge in [0, 0.05) is 12.1 Å². The van der Waals surface area contributed by atoms with Gasteiger partial charge in [0.25, 0.3) is 0 Å². The van der Waals surface area contributed by atoms with Crippen LogP contribution >= 0.6 is 0 Å². The van der Waals surface area contributed by atoms with Crippen LogP contribution in [0.3, 0.4) is 0 Å². The lowest BCUT2D eigenvalue weighted by molar-refractivity contribution is 0.355. The fourth-order valence-electron chi connectivity index (χ4n) is 4.67. The molecule has 0 saturated carbocycles. The van der Waals surface area contributed by atoms with Gasteiger partial charge in [0.2, 0.25) is 15.5 Å². The van der Waals surface area contributed by atoms with Crippen molar-refractivity contribution in [3.05, 3.63) is 100 Å². The minimum Gasteiger partial charge on any atom is -0.496 e. The quantitative estimate of drug-likeness (QED) is 0.249. The number of benzene rings is 4. The maximum atomic E-state index is 14.2. The summed E-state index contributed by atoms with van der Waals surface area (Å²) in [6.07, 6.45) is 0. The molecule has 10 heteroatoms. The fraction of sp³-hybridized carbons (Fsp3) is 0.167. The number of hydrogen-bond acceptors (Lipinski definition) is 8. The van der Waals surface area contributed by atoms with Gasteiger partial charge in [-0.3, -0.25) is 4.79 Å². The summed E-state index contributed by atoms with van der Waals surface area (Å²) in [6, 6.07) is 21.9. The molecule has 0 aliphatic carbocycles. The first-order valence-electron chi connectivity index (χ1n) is 12.2. The van der Waals surface area contributed by atoms with E-state index in [2.05, 4.69) is 4.72 Å². The van der Waals surface area contributed by atoms with Gasteiger partial charge < -0.3 is 23.4 Å². The fourth-order valence-corrected chi connectivity index (χ4v) is 6.17. The Balaban J connectivity index is 1.81. The molecule has 5 rings (SSSR count). The Morgan fingerprint density at radius 2 is 1.23 bits per heavy atom. The Hall–Kier alpha value is -4.54. The summed E-state index contributed by atoms with van der Waals surface area (Å²) in [5.74, 6) is 0.666. The summed E-state index contributed by atoms with van der Waals surface area (Å²) in [6.45, 7) is 0. The normalized spacial score (nSPS) is 11.6. The number of sulfonamides is 1. The monoisotopic (exact) mass is 561 g/mol. The highest BCUT2D eigenvalue weighted by atomic mass is 32.2. The van der Waals surface area contributed by atoms with Crippen molar-refractivity contribution in [1.82, 2.24) is 4.72 Å². The smallest absolute Gasteiger partial charge is 0.248 e. The molecule has 0 aliphatic rings. The molecule has 0 aliphatic heterocycles. The number of rotatable bonds is 9. The lowest BCUT2D eigenvalue weighted by atomic mass is 10.00. The van der Waals surface area contributed by atoms with Crippen molar-refractivity contribution in [1.29, 1.82) is 0 Å². The van der Waals surface area contributed by atoms with Crippen LogP contribution < -0.4 is 29.1 Å². The maximum absolute atomic E-state index is 14.2. The lowest BCUT2D eigenvalue weighted by Gasteiger charge is -2.21. The van der Waals surface area contributed by atoms with Crippen LogP contribution in [-0.2, 0) is 10.0 Å². The second kappa shape index (κ2) is 10.9. The standard InChI is InChI=1S/C30H27NO8S/c1-35-22-15-20-21(16-23(22)36-2)39-29-26(28(20)32)24(37-3)17-25(38-4)30(29)40(33,34)31-27(18-11-7-5-8-12-18)19-13-9-6-10-14-19/h5-17,27,31H,1-4H3. The van der Waals surface area contributed by atoms with Gasteiger partial charge >= 0.3 is 0 Å². The van der Waals surface area contributed by atoms with E-state index < -0.39 is 21.5 Å². The van der Waals surface area contributed by atoms with Crippen LogP contribution in [-0.4, -0.2) is 36.9 Å². The molecule has 0 unspecified atom stereocenters. The molecule has 0 bridgehead atoms. The molecule has 206 valence electrons. The van der Waals surface area contributed by atoms with Gasteiger partial charge in [0.15, 0.2) is 22.0 Å². The summed E-state index contributed by atoms with van der Waals surface area (Å²) in [7, 11) is 1.22. The van der Waals surface area contributed by atoms with Crippen LogP contribution in [0.5, 0.6) is 23.0 Å². The van der Waals surface area contributed by atoms with Crippen LogP contribution in [0.1, 0.15) is 17.2 Å². The molecule has 0 amide bonds. The molecule has 0 spiro atoms. The van der Waals surface area contributed by atoms with Gasteiger partial charge in [0.05, 0.1) is 39.9 Å². The average Bonchev–Trinajstić information content (AvgIpc) is 2.99. The summed E-state index contributed by atoms with van der Waals surface area (Å²) in [5, 5.41) is 0.107. The van der Waals surface area contributed by atoms with Gasteiger partial charge in [0.1, 0.15) is 22.5 Å². The zero-order valence-electron chi connectivity index (χ0n) is 22.3. The first-order valence-corrected chi connectivity index (χ1v) is 13.7. The van der Waals surface area contributed by atoms with E-state index in [1.807, 2.05) is 60.7 Å². The Kier molecular flexibility index (Phi) is 7.38. The molecule has 0 radical (unpaired) electrons. The van der Waals surface area contributed by atoms with E-state index in [1.165, 1.54) is 46.6 Å². The lowest BCUT2D eigenvalue weighted by Crippen LogP contribution is -2.30. The van der Waals surface area contributed by atoms with Crippen molar-refractivity contribution in [2.24, 2.45) is 0 Å². The average molecular weight is 562 g/mol. The first kappa shape index (κ1) is 27.0. The molecular weight excluding hydrogens is 534 g/mol. The van der Waals surface area contributed by atoms with E-state index in [1.54, 1.807) is 0 Å². The molecule has 0 fully saturated rings. The van der Waals surface area contributed by atoms with Crippen molar-refractivity contribution >= 4 is 32.0 Å². The van der Waals surface area contributed by atoms with E-state index >= 15 is 0 Å². The largest absolute Gasteiger partial charge is 0.496 e. The molecule has 4 aromatic carbocycles. The Morgan fingerprint density at radius 3 is 1.75 bits per heavy atom. The second-order valence-electron chi connectivity index (χ2n) is 8.82. The van der Waals surface area contributed by atoms with Gasteiger partial charge in [-0.05, 0) is 17.2 Å². The molecule has 0 atom stereocenters.